The van der Waals surface area contributed by atoms with Crippen LogP contribution in [0, 0.1) is 6.92 Å². The van der Waals surface area contributed by atoms with E-state index in [-0.39, 0.29) is 0 Å². The van der Waals surface area contributed by atoms with Crippen molar-refractivity contribution in [1.29, 1.82) is 0 Å². The predicted molar refractivity (Wildman–Crippen MR) is 81.8 cm³/mol. The molecule has 0 radical (unpaired) electrons. The number of nitrogens with one attached hydrogen (secondary N) is 1. The highest BCUT2D eigenvalue weighted by atomic mass is 19.4. The van der Waals surface area contributed by atoms with Crippen molar-refractivity contribution in [2.75, 3.05) is 0 Å². The molecule has 1 amide bonds. The van der Waals surface area contributed by atoms with Crippen molar-refractivity contribution in [3.63, 3.8) is 0 Å². The highest BCUT2D eigenvalue weighted by Gasteiger charge is 2.28. The van der Waals surface area contributed by atoms with Crippen molar-refractivity contribution in [2.45, 2.75) is 38.9 Å². The molecule has 2 aromatic rings. The fourth-order valence-corrected chi connectivity index (χ4v) is 2.19. The highest BCUT2D eigenvalue weighted by Crippen LogP contribution is 2.22. The first-order valence-corrected chi connectivity index (χ1v) is 7.36. The van der Waals surface area contributed by atoms with Crippen LogP contribution in [-0.4, -0.2) is 27.0 Å². The zero-order chi connectivity index (χ0) is 17.7. The van der Waals surface area contributed by atoms with Crippen molar-refractivity contribution in [1.82, 2.24) is 20.3 Å². The lowest BCUT2D eigenvalue weighted by Crippen LogP contribution is -2.28. The molecule has 0 aliphatic carbocycles. The number of halogens is 3. The average molecular weight is 338 g/mol. The lowest BCUT2D eigenvalue weighted by Gasteiger charge is -2.16. The van der Waals surface area contributed by atoms with E-state index in [0.29, 0.717) is 17.1 Å². The monoisotopic (exact) mass is 338 g/mol. The summed E-state index contributed by atoms with van der Waals surface area (Å²) in [6.07, 6.45) is -1.24. The summed E-state index contributed by atoms with van der Waals surface area (Å²) < 4.78 is 36.4. The number of carbonyl (C=O) groups excluding carboxylic acids is 1. The fourth-order valence-electron chi connectivity index (χ4n) is 2.19. The number of nitrogens with zero attached hydrogens (tertiary/aromatic N) is 3. The minimum Gasteiger partial charge on any atom is -0.349 e. The van der Waals surface area contributed by atoms with Crippen LogP contribution in [0.3, 0.4) is 0 Å². The Hall–Kier alpha value is -2.51. The minimum absolute atomic E-state index is 0.475. The maximum atomic E-state index is 12.1. The molecule has 0 aliphatic rings. The average Bonchev–Trinajstić information content (AvgIpc) is 2.53. The van der Waals surface area contributed by atoms with Crippen LogP contribution in [0.4, 0.5) is 13.2 Å². The first-order chi connectivity index (χ1) is 11.3. The predicted octanol–water partition coefficient (Wildman–Crippen LogP) is 3.37. The molecular weight excluding hydrogens is 321 g/mol. The van der Waals surface area contributed by atoms with Crippen LogP contribution in [-0.2, 0) is 4.79 Å². The van der Waals surface area contributed by atoms with E-state index in [4.69, 9.17) is 0 Å². The smallest absolute Gasteiger partial charge is 0.349 e. The van der Waals surface area contributed by atoms with Gasteiger partial charge in [0.2, 0.25) is 5.91 Å². The van der Waals surface area contributed by atoms with Crippen LogP contribution in [0.5, 0.6) is 0 Å². The van der Waals surface area contributed by atoms with Gasteiger partial charge in [0.25, 0.3) is 0 Å². The Morgan fingerprint density at radius 1 is 1.29 bits per heavy atom. The van der Waals surface area contributed by atoms with E-state index in [1.807, 2.05) is 0 Å². The molecule has 5 nitrogen and oxygen atoms in total. The quantitative estimate of drug-likeness (QED) is 0.908. The van der Waals surface area contributed by atoms with Gasteiger partial charge in [0.1, 0.15) is 0 Å². The summed E-state index contributed by atoms with van der Waals surface area (Å²) in [4.78, 5) is 24.2. The van der Waals surface area contributed by atoms with Gasteiger partial charge in [-0.1, -0.05) is 0 Å². The molecule has 2 aromatic heterocycles. The van der Waals surface area contributed by atoms with Crippen LogP contribution in [0.25, 0.3) is 11.4 Å². The van der Waals surface area contributed by atoms with E-state index >= 15 is 0 Å². The van der Waals surface area contributed by atoms with Crippen molar-refractivity contribution < 1.29 is 18.0 Å². The Bertz CT molecular complexity index is 704. The third-order valence-corrected chi connectivity index (χ3v) is 3.44. The number of pyridine rings is 1. The van der Waals surface area contributed by atoms with Gasteiger partial charge in [-0.15, -0.1) is 0 Å². The van der Waals surface area contributed by atoms with Gasteiger partial charge < -0.3 is 5.32 Å². The Morgan fingerprint density at radius 3 is 2.54 bits per heavy atom. The number of aryl methyl sites for hydroxylation is 1. The van der Waals surface area contributed by atoms with Crippen molar-refractivity contribution in [2.24, 2.45) is 0 Å². The molecule has 1 unspecified atom stereocenters. The summed E-state index contributed by atoms with van der Waals surface area (Å²) in [5.74, 6) is -0.133. The maximum Gasteiger partial charge on any atom is 0.389 e. The standard InChI is InChI=1S/C16H17F3N4O/c1-10(22-14(24)3-6-16(17,18)19)13-9-21-15(23-11(13)2)12-4-7-20-8-5-12/h4-5,7-10H,3,6H2,1-2H3,(H,22,24). The molecular formula is C16H17F3N4O. The second-order valence-electron chi connectivity index (χ2n) is 5.37. The van der Waals surface area contributed by atoms with E-state index < -0.39 is 31.0 Å². The zero-order valence-electron chi connectivity index (χ0n) is 13.3. The summed E-state index contributed by atoms with van der Waals surface area (Å²) in [7, 11) is 0. The van der Waals surface area contributed by atoms with Gasteiger partial charge in [-0.2, -0.15) is 13.2 Å². The molecule has 0 saturated carbocycles. The fraction of sp³-hybridized carbons (Fsp3) is 0.375. The molecule has 2 heterocycles. The summed E-state index contributed by atoms with van der Waals surface area (Å²) in [5.41, 5.74) is 2.12. The zero-order valence-corrected chi connectivity index (χ0v) is 13.3. The summed E-state index contributed by atoms with van der Waals surface area (Å²) >= 11 is 0. The minimum atomic E-state index is -4.34. The first kappa shape index (κ1) is 17.8. The third-order valence-electron chi connectivity index (χ3n) is 3.44. The molecule has 24 heavy (non-hydrogen) atoms. The van der Waals surface area contributed by atoms with E-state index in [1.54, 1.807) is 44.6 Å². The van der Waals surface area contributed by atoms with Crippen LogP contribution >= 0.6 is 0 Å². The largest absolute Gasteiger partial charge is 0.389 e. The SMILES string of the molecule is Cc1nc(-c2ccncc2)ncc1C(C)NC(=O)CCC(F)(F)F. The second kappa shape index (κ2) is 7.37. The Balaban J connectivity index is 2.05. The third kappa shape index (κ3) is 5.00. The Kier molecular flexibility index (Phi) is 5.48. The van der Waals surface area contributed by atoms with Crippen LogP contribution < -0.4 is 5.32 Å². The molecule has 1 N–H and O–H groups in total. The number of alkyl halides is 3. The van der Waals surface area contributed by atoms with E-state index in [2.05, 4.69) is 20.3 Å². The molecule has 0 fully saturated rings. The van der Waals surface area contributed by atoms with Crippen LogP contribution in [0.1, 0.15) is 37.1 Å². The number of hydrogen-bond acceptors (Lipinski definition) is 4. The number of carbonyl (C=O) groups is 1. The molecule has 128 valence electrons. The van der Waals surface area contributed by atoms with E-state index in [9.17, 15) is 18.0 Å². The van der Waals surface area contributed by atoms with Crippen LogP contribution in [0.15, 0.2) is 30.7 Å². The first-order valence-electron chi connectivity index (χ1n) is 7.36. The molecule has 2 rings (SSSR count). The molecule has 0 spiro atoms. The van der Waals surface area contributed by atoms with Gasteiger partial charge in [-0.3, -0.25) is 9.78 Å². The Morgan fingerprint density at radius 2 is 1.96 bits per heavy atom. The van der Waals surface area contributed by atoms with E-state index in [1.165, 1.54) is 0 Å². The molecule has 8 heteroatoms. The van der Waals surface area contributed by atoms with Gasteiger partial charge >= 0.3 is 6.18 Å². The van der Waals surface area contributed by atoms with E-state index in [0.717, 1.165) is 5.56 Å². The van der Waals surface area contributed by atoms with Crippen molar-refractivity contribution >= 4 is 5.91 Å². The number of hydrogen-bond donors (Lipinski definition) is 1. The summed E-state index contributed by atoms with van der Waals surface area (Å²) in [5, 5.41) is 2.54. The lowest BCUT2D eigenvalue weighted by atomic mass is 10.1. The topological polar surface area (TPSA) is 67.8 Å². The summed E-state index contributed by atoms with van der Waals surface area (Å²) in [6.45, 7) is 3.45. The van der Waals surface area contributed by atoms with Crippen molar-refractivity contribution in [3.05, 3.63) is 42.0 Å². The summed E-state index contributed by atoms with van der Waals surface area (Å²) in [6, 6.07) is 3.07. The lowest BCUT2D eigenvalue weighted by molar-refractivity contribution is -0.144. The van der Waals surface area contributed by atoms with Gasteiger partial charge in [-0.05, 0) is 26.0 Å². The van der Waals surface area contributed by atoms with Gasteiger partial charge in [0.05, 0.1) is 12.5 Å². The van der Waals surface area contributed by atoms with Crippen molar-refractivity contribution in [3.8, 4) is 11.4 Å². The number of aromatic nitrogens is 3. The molecule has 0 aromatic carbocycles. The van der Waals surface area contributed by atoms with Crippen LogP contribution in [0.2, 0.25) is 0 Å². The molecule has 1 atom stereocenters. The second-order valence-corrected chi connectivity index (χ2v) is 5.37. The van der Waals surface area contributed by atoms with Gasteiger partial charge in [0, 0.05) is 41.8 Å². The van der Waals surface area contributed by atoms with Gasteiger partial charge in [-0.25, -0.2) is 9.97 Å². The normalized spacial score (nSPS) is 12.7. The molecule has 0 saturated heterocycles. The highest BCUT2D eigenvalue weighted by molar-refractivity contribution is 5.76. The number of rotatable bonds is 5. The molecule has 0 bridgehead atoms. The number of amides is 1. The maximum absolute atomic E-state index is 12.1. The Labute approximate surface area is 137 Å². The molecule has 0 aliphatic heterocycles. The van der Waals surface area contributed by atoms with Gasteiger partial charge in [0.15, 0.2) is 5.82 Å².